The van der Waals surface area contributed by atoms with Crippen molar-refractivity contribution in [1.29, 1.82) is 5.26 Å². The molecular weight excluding hydrogens is 545 g/mol. The van der Waals surface area contributed by atoms with Gasteiger partial charge in [0, 0.05) is 17.7 Å². The number of aryl methyl sites for hydroxylation is 1. The highest BCUT2D eigenvalue weighted by Gasteiger charge is 2.46. The van der Waals surface area contributed by atoms with Gasteiger partial charge in [0.15, 0.2) is 10.1 Å². The van der Waals surface area contributed by atoms with Crippen LogP contribution in [0.3, 0.4) is 0 Å². The van der Waals surface area contributed by atoms with E-state index in [0.29, 0.717) is 44.5 Å². The van der Waals surface area contributed by atoms with Crippen molar-refractivity contribution in [3.05, 3.63) is 51.8 Å². The normalized spacial score (nSPS) is 18.9. The van der Waals surface area contributed by atoms with Crippen LogP contribution in [-0.2, 0) is 16.0 Å². The number of carbonyl (C=O) groups is 2. The highest BCUT2D eigenvalue weighted by Crippen LogP contribution is 2.50. The minimum absolute atomic E-state index is 0.0541. The lowest BCUT2D eigenvalue weighted by Gasteiger charge is -2.42. The van der Waals surface area contributed by atoms with Crippen LogP contribution in [0.15, 0.2) is 49.8 Å². The Morgan fingerprint density at radius 1 is 1.32 bits per heavy atom. The van der Waals surface area contributed by atoms with Crippen molar-refractivity contribution in [2.24, 2.45) is 11.1 Å². The lowest BCUT2D eigenvalue weighted by atomic mass is 9.69. The zero-order chi connectivity index (χ0) is 27.0. The monoisotopic (exact) mass is 568 g/mol. The van der Waals surface area contributed by atoms with Gasteiger partial charge in [-0.25, -0.2) is 0 Å². The molecule has 11 nitrogen and oxygen atoms in total. The van der Waals surface area contributed by atoms with Gasteiger partial charge < -0.3 is 10.2 Å². The predicted molar refractivity (Wildman–Crippen MR) is 144 cm³/mol. The van der Waals surface area contributed by atoms with E-state index in [9.17, 15) is 14.9 Å². The summed E-state index contributed by atoms with van der Waals surface area (Å²) < 4.78 is 6.18. The van der Waals surface area contributed by atoms with Crippen LogP contribution in [0.2, 0.25) is 0 Å². The van der Waals surface area contributed by atoms with Gasteiger partial charge in [0.2, 0.25) is 16.2 Å². The minimum atomic E-state index is -0.677. The number of nitriles is 1. The zero-order valence-electron chi connectivity index (χ0n) is 20.8. The third-order valence-corrected chi connectivity index (χ3v) is 9.16. The van der Waals surface area contributed by atoms with Crippen molar-refractivity contribution in [2.45, 2.75) is 50.3 Å². The van der Waals surface area contributed by atoms with Gasteiger partial charge in [-0.2, -0.15) is 5.26 Å². The van der Waals surface area contributed by atoms with E-state index in [1.54, 1.807) is 17.0 Å². The lowest BCUT2D eigenvalue weighted by molar-refractivity contribution is -0.118. The number of ketones is 1. The molecule has 0 spiro atoms. The summed E-state index contributed by atoms with van der Waals surface area (Å²) in [5.74, 6) is -0.187. The van der Waals surface area contributed by atoms with Crippen LogP contribution in [0.4, 0.5) is 10.3 Å². The Balaban J connectivity index is 1.43. The number of amides is 1. The van der Waals surface area contributed by atoms with Gasteiger partial charge in [0.1, 0.15) is 16.6 Å². The Morgan fingerprint density at radius 2 is 2.13 bits per heavy atom. The van der Waals surface area contributed by atoms with E-state index in [4.69, 9.17) is 10.2 Å². The first-order chi connectivity index (χ1) is 18.2. The van der Waals surface area contributed by atoms with E-state index in [-0.39, 0.29) is 34.3 Å². The van der Waals surface area contributed by atoms with Crippen molar-refractivity contribution < 1.29 is 14.0 Å². The molecule has 2 aliphatic rings. The Bertz CT molecular complexity index is 1500. The van der Waals surface area contributed by atoms with Crippen molar-refractivity contribution >= 4 is 56.4 Å². The highest BCUT2D eigenvalue weighted by atomic mass is 32.2. The quantitative estimate of drug-likeness (QED) is 0.392. The molecule has 1 atom stereocenters. The molecule has 0 saturated heterocycles. The second-order valence-electron chi connectivity index (χ2n) is 9.54. The maximum Gasteiger partial charge on any atom is 0.236 e. The number of carbonyl (C=O) groups excluding carboxylic acids is 2. The van der Waals surface area contributed by atoms with Gasteiger partial charge in [-0.1, -0.05) is 55.2 Å². The molecule has 1 amide bonds. The number of rotatable bonds is 7. The molecule has 0 aromatic carbocycles. The first-order valence-corrected chi connectivity index (χ1v) is 14.4. The molecule has 1 aliphatic heterocycles. The molecule has 1 aliphatic carbocycles. The SMILES string of the molecule is CCc1nnc(NC(=O)CSc2nnc(N3C(N)=C(C#N)C(c4ccco4)C4=C3CC(C)(C)CC4=O)s2)s1. The van der Waals surface area contributed by atoms with Crippen LogP contribution in [0.1, 0.15) is 50.3 Å². The largest absolute Gasteiger partial charge is 0.468 e. The standard InChI is InChI=1S/C24H24N8O3S3/c1-4-17-28-29-21(37-17)27-16(34)11-36-23-31-30-22(38-23)32-13-8-24(2,3)9-14(33)19(13)18(12(10-25)20(32)26)15-6-5-7-35-15/h5-7,18H,4,8-9,11,26H2,1-3H3,(H,27,29,34). The summed E-state index contributed by atoms with van der Waals surface area (Å²) >= 11 is 3.80. The van der Waals surface area contributed by atoms with Crippen molar-refractivity contribution in [1.82, 2.24) is 20.4 Å². The molecule has 0 radical (unpaired) electrons. The van der Waals surface area contributed by atoms with Crippen LogP contribution in [0.25, 0.3) is 0 Å². The molecule has 3 aromatic rings. The number of anilines is 2. The average Bonchev–Trinajstić information content (AvgIpc) is 3.63. The lowest BCUT2D eigenvalue weighted by Crippen LogP contribution is -2.42. The van der Waals surface area contributed by atoms with Crippen LogP contribution in [-0.4, -0.2) is 37.8 Å². The van der Waals surface area contributed by atoms with Crippen molar-refractivity contribution in [2.75, 3.05) is 16.0 Å². The molecule has 0 fully saturated rings. The number of thioether (sulfide) groups is 1. The first kappa shape index (κ1) is 26.1. The number of nitrogens with one attached hydrogen (secondary N) is 1. The molecule has 38 heavy (non-hydrogen) atoms. The fraction of sp³-hybridized carbons (Fsp3) is 0.375. The number of hydrogen-bond donors (Lipinski definition) is 2. The van der Waals surface area contributed by atoms with E-state index >= 15 is 0 Å². The summed E-state index contributed by atoms with van der Waals surface area (Å²) in [7, 11) is 0. The number of aromatic nitrogens is 4. The van der Waals surface area contributed by atoms with Gasteiger partial charge in [-0.15, -0.1) is 20.4 Å². The maximum atomic E-state index is 13.5. The zero-order valence-corrected chi connectivity index (χ0v) is 23.3. The number of allylic oxidation sites excluding steroid dienone is 3. The maximum absolute atomic E-state index is 13.5. The van der Waals surface area contributed by atoms with Crippen LogP contribution in [0, 0.1) is 16.7 Å². The summed E-state index contributed by atoms with van der Waals surface area (Å²) in [6.45, 7) is 6.02. The molecule has 4 heterocycles. The summed E-state index contributed by atoms with van der Waals surface area (Å²) in [5.41, 5.74) is 7.69. The predicted octanol–water partition coefficient (Wildman–Crippen LogP) is 4.22. The van der Waals surface area contributed by atoms with Crippen LogP contribution in [0.5, 0.6) is 0 Å². The third kappa shape index (κ3) is 4.96. The van der Waals surface area contributed by atoms with Gasteiger partial charge in [0.25, 0.3) is 0 Å². The molecule has 0 saturated carbocycles. The van der Waals surface area contributed by atoms with Gasteiger partial charge in [-0.3, -0.25) is 19.8 Å². The fourth-order valence-electron chi connectivity index (χ4n) is 4.55. The highest BCUT2D eigenvalue weighted by molar-refractivity contribution is 8.01. The molecule has 14 heteroatoms. The Labute approximate surface area is 230 Å². The van der Waals surface area contributed by atoms with E-state index in [0.717, 1.165) is 11.4 Å². The van der Waals surface area contributed by atoms with E-state index in [1.165, 1.54) is 40.7 Å². The summed E-state index contributed by atoms with van der Waals surface area (Å²) in [6, 6.07) is 5.67. The summed E-state index contributed by atoms with van der Waals surface area (Å²) in [6.07, 6.45) is 3.16. The van der Waals surface area contributed by atoms with E-state index < -0.39 is 5.92 Å². The second-order valence-corrected chi connectivity index (χ2v) is 12.8. The van der Waals surface area contributed by atoms with E-state index in [1.807, 2.05) is 20.8 Å². The molecule has 5 rings (SSSR count). The first-order valence-electron chi connectivity index (χ1n) is 11.8. The molecule has 3 aromatic heterocycles. The van der Waals surface area contributed by atoms with Crippen molar-refractivity contribution in [3.8, 4) is 6.07 Å². The smallest absolute Gasteiger partial charge is 0.236 e. The Morgan fingerprint density at radius 3 is 2.82 bits per heavy atom. The van der Waals surface area contributed by atoms with Gasteiger partial charge in [-0.05, 0) is 30.4 Å². The molecule has 0 bridgehead atoms. The number of nitrogens with zero attached hydrogens (tertiary/aromatic N) is 6. The molecule has 196 valence electrons. The summed E-state index contributed by atoms with van der Waals surface area (Å²) in [5, 5.41) is 31.1. The van der Waals surface area contributed by atoms with Crippen LogP contribution < -0.4 is 16.0 Å². The van der Waals surface area contributed by atoms with Gasteiger partial charge >= 0.3 is 0 Å². The fourth-order valence-corrected chi connectivity index (χ4v) is 6.92. The van der Waals surface area contributed by atoms with E-state index in [2.05, 4.69) is 31.8 Å². The third-order valence-electron chi connectivity index (χ3n) is 6.14. The number of furan rings is 1. The molecule has 1 unspecified atom stereocenters. The number of Topliss-reactive ketones (excluding diaryl/α,β-unsaturated/α-hetero) is 1. The summed E-state index contributed by atoms with van der Waals surface area (Å²) in [4.78, 5) is 27.5. The molecule has 3 N–H and O–H groups in total. The van der Waals surface area contributed by atoms with Gasteiger partial charge in [0.05, 0.1) is 29.6 Å². The Hall–Kier alpha value is -3.54. The average molecular weight is 569 g/mol. The molecular formula is C24H24N8O3S3. The second kappa shape index (κ2) is 10.3. The number of nitrogens with two attached hydrogens (primary N) is 1. The van der Waals surface area contributed by atoms with Crippen LogP contribution >= 0.6 is 34.4 Å². The minimum Gasteiger partial charge on any atom is -0.468 e. The number of hydrogen-bond acceptors (Lipinski definition) is 13. The topological polar surface area (TPSA) is 164 Å². The van der Waals surface area contributed by atoms with Crippen molar-refractivity contribution in [3.63, 3.8) is 0 Å². The Kier molecular flexibility index (Phi) is 7.08.